The average molecular weight is 477 g/mol. The van der Waals surface area contributed by atoms with Crippen LogP contribution in [0, 0.1) is 0 Å². The number of hydrogen-bond acceptors (Lipinski definition) is 7. The van der Waals surface area contributed by atoms with Crippen LogP contribution in [0.3, 0.4) is 0 Å². The van der Waals surface area contributed by atoms with Crippen molar-refractivity contribution in [2.45, 2.75) is 44.6 Å². The molecule has 2 fully saturated rings. The molecule has 2 aliphatic rings. The highest BCUT2D eigenvalue weighted by molar-refractivity contribution is 5.95. The second kappa shape index (κ2) is 10.0. The van der Waals surface area contributed by atoms with Crippen molar-refractivity contribution in [2.75, 3.05) is 33.9 Å². The standard InChI is InChI=1S/C26H32N6O3/c1-4-31-13-5-6-18(31)15-28-25(33)21-16-29-32(24(21)17-7-8-17)26-27-12-11-22(30-26)20-14-19(34-2)9-10-23(20)35-3/h9-12,14,16-18H,4-8,13,15H2,1-3H3,(H,28,33)/t18-/m1/s1. The number of benzene rings is 1. The van der Waals surface area contributed by atoms with Crippen LogP contribution < -0.4 is 14.8 Å². The summed E-state index contributed by atoms with van der Waals surface area (Å²) in [6, 6.07) is 7.82. The maximum atomic E-state index is 13.2. The average Bonchev–Trinajstić information content (AvgIpc) is 3.47. The van der Waals surface area contributed by atoms with Crippen molar-refractivity contribution in [3.8, 4) is 28.7 Å². The SMILES string of the molecule is CCN1CCC[C@@H]1CNC(=O)c1cnn(-c2nccc(-c3cc(OC)ccc3OC)n2)c1C1CC1. The number of carbonyl (C=O) groups is 1. The van der Waals surface area contributed by atoms with E-state index in [0.717, 1.165) is 43.6 Å². The van der Waals surface area contributed by atoms with Crippen molar-refractivity contribution in [1.29, 1.82) is 0 Å². The molecule has 0 unspecified atom stereocenters. The Morgan fingerprint density at radius 3 is 2.77 bits per heavy atom. The van der Waals surface area contributed by atoms with E-state index in [4.69, 9.17) is 14.5 Å². The number of carbonyl (C=O) groups excluding carboxylic acids is 1. The first-order chi connectivity index (χ1) is 17.1. The van der Waals surface area contributed by atoms with Crippen molar-refractivity contribution in [1.82, 2.24) is 30.0 Å². The minimum Gasteiger partial charge on any atom is -0.497 e. The molecule has 9 heteroatoms. The summed E-state index contributed by atoms with van der Waals surface area (Å²) < 4.78 is 12.6. The number of nitrogens with zero attached hydrogens (tertiary/aromatic N) is 5. The molecule has 0 bridgehead atoms. The fraction of sp³-hybridized carbons (Fsp3) is 0.462. The van der Waals surface area contributed by atoms with E-state index in [-0.39, 0.29) is 11.8 Å². The van der Waals surface area contributed by atoms with E-state index in [1.165, 1.54) is 6.42 Å². The highest BCUT2D eigenvalue weighted by Gasteiger charge is 2.34. The summed E-state index contributed by atoms with van der Waals surface area (Å²) in [7, 11) is 3.25. The number of amides is 1. The van der Waals surface area contributed by atoms with E-state index >= 15 is 0 Å². The van der Waals surface area contributed by atoms with Gasteiger partial charge in [-0.2, -0.15) is 5.10 Å². The zero-order valence-electron chi connectivity index (χ0n) is 20.5. The van der Waals surface area contributed by atoms with E-state index in [1.54, 1.807) is 31.3 Å². The van der Waals surface area contributed by atoms with Crippen LogP contribution in [0.25, 0.3) is 17.2 Å². The molecule has 1 saturated heterocycles. The van der Waals surface area contributed by atoms with Crippen LogP contribution in [0.2, 0.25) is 0 Å². The van der Waals surface area contributed by atoms with Gasteiger partial charge in [-0.25, -0.2) is 14.6 Å². The zero-order valence-corrected chi connectivity index (χ0v) is 20.5. The lowest BCUT2D eigenvalue weighted by Crippen LogP contribution is -2.40. The van der Waals surface area contributed by atoms with Gasteiger partial charge in [-0.3, -0.25) is 9.69 Å². The van der Waals surface area contributed by atoms with E-state index in [0.29, 0.717) is 41.3 Å². The Kier molecular flexibility index (Phi) is 6.68. The molecule has 1 aromatic carbocycles. The zero-order chi connectivity index (χ0) is 24.4. The van der Waals surface area contributed by atoms with E-state index in [1.807, 2.05) is 24.3 Å². The molecule has 35 heavy (non-hydrogen) atoms. The smallest absolute Gasteiger partial charge is 0.254 e. The van der Waals surface area contributed by atoms with Crippen LogP contribution in [-0.4, -0.2) is 70.5 Å². The predicted octanol–water partition coefficient (Wildman–Crippen LogP) is 3.44. The molecule has 3 heterocycles. The molecule has 3 aromatic rings. The lowest BCUT2D eigenvalue weighted by atomic mass is 10.1. The van der Waals surface area contributed by atoms with Gasteiger partial charge in [0.15, 0.2) is 0 Å². The normalized spacial score (nSPS) is 18.0. The van der Waals surface area contributed by atoms with Crippen LogP contribution in [0.5, 0.6) is 11.5 Å². The van der Waals surface area contributed by atoms with Gasteiger partial charge in [-0.15, -0.1) is 0 Å². The van der Waals surface area contributed by atoms with Gasteiger partial charge in [0, 0.05) is 30.3 Å². The largest absolute Gasteiger partial charge is 0.497 e. The summed E-state index contributed by atoms with van der Waals surface area (Å²) in [6.45, 7) is 4.94. The molecule has 2 aromatic heterocycles. The molecule has 1 saturated carbocycles. The summed E-state index contributed by atoms with van der Waals surface area (Å²) in [5.74, 6) is 2.04. The molecular weight excluding hydrogens is 444 g/mol. The Morgan fingerprint density at radius 1 is 1.17 bits per heavy atom. The number of likely N-dealkylation sites (tertiary alicyclic amines) is 1. The molecule has 1 aliphatic heterocycles. The van der Waals surface area contributed by atoms with Gasteiger partial charge in [-0.05, 0) is 63.0 Å². The van der Waals surface area contributed by atoms with Crippen molar-refractivity contribution < 1.29 is 14.3 Å². The lowest BCUT2D eigenvalue weighted by molar-refractivity contribution is 0.0940. The Labute approximate surface area is 205 Å². The van der Waals surface area contributed by atoms with E-state index < -0.39 is 0 Å². The highest BCUT2D eigenvalue weighted by atomic mass is 16.5. The molecule has 1 atom stereocenters. The van der Waals surface area contributed by atoms with Crippen LogP contribution in [0.4, 0.5) is 0 Å². The van der Waals surface area contributed by atoms with Crippen molar-refractivity contribution in [2.24, 2.45) is 0 Å². The van der Waals surface area contributed by atoms with E-state index in [9.17, 15) is 4.79 Å². The summed E-state index contributed by atoms with van der Waals surface area (Å²) in [5.41, 5.74) is 2.98. The number of nitrogens with one attached hydrogen (secondary N) is 1. The van der Waals surface area contributed by atoms with Gasteiger partial charge in [0.05, 0.1) is 37.4 Å². The maximum Gasteiger partial charge on any atom is 0.254 e. The minimum atomic E-state index is -0.0771. The van der Waals surface area contributed by atoms with E-state index in [2.05, 4.69) is 27.2 Å². The summed E-state index contributed by atoms with van der Waals surface area (Å²) in [6.07, 6.45) is 7.72. The summed E-state index contributed by atoms with van der Waals surface area (Å²) >= 11 is 0. The Balaban J connectivity index is 1.43. The monoisotopic (exact) mass is 476 g/mol. The Bertz CT molecular complexity index is 1210. The van der Waals surface area contributed by atoms with Crippen LogP contribution in [-0.2, 0) is 0 Å². The van der Waals surface area contributed by atoms with Crippen LogP contribution in [0.1, 0.15) is 54.6 Å². The first-order valence-corrected chi connectivity index (χ1v) is 12.3. The number of methoxy groups -OCH3 is 2. The third-order valence-corrected chi connectivity index (χ3v) is 6.93. The first kappa shape index (κ1) is 23.3. The first-order valence-electron chi connectivity index (χ1n) is 12.3. The van der Waals surface area contributed by atoms with Gasteiger partial charge >= 0.3 is 0 Å². The maximum absolute atomic E-state index is 13.2. The summed E-state index contributed by atoms with van der Waals surface area (Å²) in [4.78, 5) is 24.9. The lowest BCUT2D eigenvalue weighted by Gasteiger charge is -2.22. The second-order valence-corrected chi connectivity index (χ2v) is 9.07. The number of ether oxygens (including phenoxy) is 2. The number of aromatic nitrogens is 4. The topological polar surface area (TPSA) is 94.4 Å². The van der Waals surface area contributed by atoms with Gasteiger partial charge < -0.3 is 14.8 Å². The van der Waals surface area contributed by atoms with Gasteiger partial charge in [0.2, 0.25) is 0 Å². The van der Waals surface area contributed by atoms with Crippen molar-refractivity contribution >= 4 is 5.91 Å². The Morgan fingerprint density at radius 2 is 2.03 bits per heavy atom. The highest BCUT2D eigenvalue weighted by Crippen LogP contribution is 2.42. The molecule has 184 valence electrons. The molecule has 1 aliphatic carbocycles. The van der Waals surface area contributed by atoms with Gasteiger partial charge in [-0.1, -0.05) is 6.92 Å². The van der Waals surface area contributed by atoms with Crippen molar-refractivity contribution in [3.63, 3.8) is 0 Å². The Hall–Kier alpha value is -3.46. The molecule has 9 nitrogen and oxygen atoms in total. The minimum absolute atomic E-state index is 0.0771. The summed E-state index contributed by atoms with van der Waals surface area (Å²) in [5, 5.41) is 7.71. The molecule has 1 amide bonds. The fourth-order valence-electron chi connectivity index (χ4n) is 4.90. The van der Waals surface area contributed by atoms with Crippen LogP contribution in [0.15, 0.2) is 36.7 Å². The number of hydrogen-bond donors (Lipinski definition) is 1. The number of rotatable bonds is 9. The van der Waals surface area contributed by atoms with Gasteiger partial charge in [0.1, 0.15) is 11.5 Å². The van der Waals surface area contributed by atoms with Gasteiger partial charge in [0.25, 0.3) is 11.9 Å². The molecule has 0 radical (unpaired) electrons. The molecule has 1 N–H and O–H groups in total. The molecule has 5 rings (SSSR count). The molecular formula is C26H32N6O3. The quantitative estimate of drug-likeness (QED) is 0.506. The molecule has 0 spiro atoms. The number of likely N-dealkylation sites (N-methyl/N-ethyl adjacent to an activating group) is 1. The third kappa shape index (κ3) is 4.73. The van der Waals surface area contributed by atoms with Crippen molar-refractivity contribution in [3.05, 3.63) is 47.9 Å². The predicted molar refractivity (Wildman–Crippen MR) is 132 cm³/mol. The third-order valence-electron chi connectivity index (χ3n) is 6.93. The fourth-order valence-corrected chi connectivity index (χ4v) is 4.90. The van der Waals surface area contributed by atoms with Crippen LogP contribution >= 0.6 is 0 Å². The second-order valence-electron chi connectivity index (χ2n) is 9.07.